The summed E-state index contributed by atoms with van der Waals surface area (Å²) in [4.78, 5) is 0. The van der Waals surface area contributed by atoms with Gasteiger partial charge in [0.1, 0.15) is 18.2 Å². The summed E-state index contributed by atoms with van der Waals surface area (Å²) < 4.78 is 30.7. The van der Waals surface area contributed by atoms with Crippen molar-refractivity contribution in [2.24, 2.45) is 0 Å². The Bertz CT molecular complexity index is 763. The Hall–Kier alpha value is -2.27. The van der Waals surface area contributed by atoms with Crippen LogP contribution in [0.2, 0.25) is 0 Å². The minimum atomic E-state index is -0.262. The Balaban J connectivity index is 1.28. The summed E-state index contributed by atoms with van der Waals surface area (Å²) in [5, 5.41) is 3.40. The van der Waals surface area contributed by atoms with E-state index in [4.69, 9.17) is 14.2 Å². The third-order valence-corrected chi connectivity index (χ3v) is 5.25. The van der Waals surface area contributed by atoms with Crippen LogP contribution >= 0.6 is 0 Å². The fourth-order valence-corrected chi connectivity index (χ4v) is 3.57. The van der Waals surface area contributed by atoms with E-state index in [1.807, 2.05) is 19.1 Å². The van der Waals surface area contributed by atoms with E-state index in [1.54, 1.807) is 13.2 Å². The fraction of sp³-hybridized carbons (Fsp3) is 0.500. The first-order valence-corrected chi connectivity index (χ1v) is 10.6. The molecule has 0 bridgehead atoms. The molecule has 0 fully saturated rings. The van der Waals surface area contributed by atoms with Gasteiger partial charge in [0.2, 0.25) is 0 Å². The highest BCUT2D eigenvalue weighted by Gasteiger charge is 2.21. The van der Waals surface area contributed by atoms with Gasteiger partial charge in [0, 0.05) is 18.2 Å². The second-order valence-electron chi connectivity index (χ2n) is 7.62. The lowest BCUT2D eigenvalue weighted by Gasteiger charge is -2.25. The van der Waals surface area contributed by atoms with Crippen molar-refractivity contribution in [1.29, 1.82) is 0 Å². The number of rotatable bonds is 11. The molecule has 0 radical (unpaired) electrons. The van der Waals surface area contributed by atoms with Gasteiger partial charge in [0.05, 0.1) is 13.2 Å². The summed E-state index contributed by atoms with van der Waals surface area (Å²) >= 11 is 0. The van der Waals surface area contributed by atoms with E-state index < -0.39 is 0 Å². The lowest BCUT2D eigenvalue weighted by molar-refractivity contribution is 0.178. The number of methoxy groups -OCH3 is 1. The molecule has 1 aliphatic heterocycles. The molecule has 0 amide bonds. The molecule has 4 nitrogen and oxygen atoms in total. The number of unbranched alkanes of at least 4 members (excludes halogenated alkanes) is 2. The highest BCUT2D eigenvalue weighted by molar-refractivity contribution is 5.48. The zero-order valence-electron chi connectivity index (χ0n) is 17.5. The number of halogens is 1. The molecule has 0 spiro atoms. The lowest BCUT2D eigenvalue weighted by Crippen LogP contribution is -2.23. The molecule has 0 saturated heterocycles. The van der Waals surface area contributed by atoms with Gasteiger partial charge < -0.3 is 19.5 Å². The smallest absolute Gasteiger partial charge is 0.164 e. The second kappa shape index (κ2) is 11.1. The first kappa shape index (κ1) is 21.4. The molecule has 2 aromatic carbocycles. The van der Waals surface area contributed by atoms with Gasteiger partial charge >= 0.3 is 0 Å². The monoisotopic (exact) mass is 401 g/mol. The summed E-state index contributed by atoms with van der Waals surface area (Å²) in [5.74, 6) is 1.87. The number of benzene rings is 2. The van der Waals surface area contributed by atoms with Crippen LogP contribution in [-0.4, -0.2) is 32.9 Å². The fourth-order valence-electron chi connectivity index (χ4n) is 3.57. The molecule has 5 heteroatoms. The first-order chi connectivity index (χ1) is 14.2. The first-order valence-electron chi connectivity index (χ1n) is 10.6. The minimum Gasteiger partial charge on any atom is -0.497 e. The Morgan fingerprint density at radius 3 is 2.72 bits per heavy atom. The van der Waals surface area contributed by atoms with Crippen LogP contribution in [0, 0.1) is 5.82 Å². The van der Waals surface area contributed by atoms with E-state index >= 15 is 0 Å². The van der Waals surface area contributed by atoms with Crippen molar-refractivity contribution in [3.8, 4) is 17.2 Å². The summed E-state index contributed by atoms with van der Waals surface area (Å²) in [6.45, 7) is 4.23. The molecule has 0 aliphatic carbocycles. The summed E-state index contributed by atoms with van der Waals surface area (Å²) in [5.41, 5.74) is 2.25. The van der Waals surface area contributed by atoms with Gasteiger partial charge in [-0.05, 0) is 69.3 Å². The van der Waals surface area contributed by atoms with Crippen molar-refractivity contribution in [3.63, 3.8) is 0 Å². The summed E-state index contributed by atoms with van der Waals surface area (Å²) in [6.07, 6.45) is 6.47. The van der Waals surface area contributed by atoms with Crippen molar-refractivity contribution in [1.82, 2.24) is 5.32 Å². The SMILES string of the molecule is COc1ccc(CCCCCNCCOc2cc(F)cc3c2OC(C)CC3)cc1. The standard InChI is InChI=1S/C24H32FNO3/c1-18-7-10-20-16-21(25)17-23(24(20)29-18)28-15-14-26-13-5-3-4-6-19-8-11-22(27-2)12-9-19/h8-9,11-12,16-18,26H,3-7,10,13-15H2,1-2H3. The van der Waals surface area contributed by atoms with Crippen LogP contribution in [0.1, 0.15) is 43.7 Å². The van der Waals surface area contributed by atoms with Gasteiger partial charge in [-0.15, -0.1) is 0 Å². The largest absolute Gasteiger partial charge is 0.497 e. The molecule has 1 unspecified atom stereocenters. The van der Waals surface area contributed by atoms with Gasteiger partial charge in [-0.25, -0.2) is 4.39 Å². The third-order valence-electron chi connectivity index (χ3n) is 5.25. The Labute approximate surface area is 173 Å². The van der Waals surface area contributed by atoms with Crippen LogP contribution in [0.25, 0.3) is 0 Å². The van der Waals surface area contributed by atoms with Crippen molar-refractivity contribution >= 4 is 0 Å². The van der Waals surface area contributed by atoms with Crippen LogP contribution in [0.3, 0.4) is 0 Å². The Morgan fingerprint density at radius 2 is 1.93 bits per heavy atom. The highest BCUT2D eigenvalue weighted by atomic mass is 19.1. The zero-order chi connectivity index (χ0) is 20.5. The molecular formula is C24H32FNO3. The maximum Gasteiger partial charge on any atom is 0.164 e. The molecule has 1 N–H and O–H groups in total. The van der Waals surface area contributed by atoms with Crippen LogP contribution in [0.15, 0.2) is 36.4 Å². The van der Waals surface area contributed by atoms with Gasteiger partial charge in [-0.1, -0.05) is 18.6 Å². The normalized spacial score (nSPS) is 15.5. The van der Waals surface area contributed by atoms with Gasteiger partial charge in [0.25, 0.3) is 0 Å². The Kier molecular flexibility index (Phi) is 8.17. The molecule has 1 aliphatic rings. The number of hydrogen-bond donors (Lipinski definition) is 1. The molecule has 0 aromatic heterocycles. The molecule has 1 atom stereocenters. The highest BCUT2D eigenvalue weighted by Crippen LogP contribution is 2.37. The lowest BCUT2D eigenvalue weighted by atomic mass is 10.0. The molecule has 1 heterocycles. The number of ether oxygens (including phenoxy) is 3. The van der Waals surface area contributed by atoms with E-state index in [-0.39, 0.29) is 11.9 Å². The van der Waals surface area contributed by atoms with Crippen LogP contribution in [-0.2, 0) is 12.8 Å². The zero-order valence-corrected chi connectivity index (χ0v) is 17.5. The molecule has 29 heavy (non-hydrogen) atoms. The van der Waals surface area contributed by atoms with E-state index in [1.165, 1.54) is 24.5 Å². The maximum absolute atomic E-state index is 13.8. The number of nitrogens with one attached hydrogen (secondary N) is 1. The molecular weight excluding hydrogens is 369 g/mol. The maximum atomic E-state index is 13.8. The molecule has 0 saturated carbocycles. The van der Waals surface area contributed by atoms with Gasteiger partial charge in [-0.2, -0.15) is 0 Å². The molecule has 2 aromatic rings. The van der Waals surface area contributed by atoms with E-state index in [2.05, 4.69) is 17.4 Å². The van der Waals surface area contributed by atoms with Gasteiger partial charge in [0.15, 0.2) is 11.5 Å². The third kappa shape index (κ3) is 6.64. The summed E-state index contributed by atoms with van der Waals surface area (Å²) in [7, 11) is 1.69. The van der Waals surface area contributed by atoms with Crippen molar-refractivity contribution in [3.05, 3.63) is 53.3 Å². The van der Waals surface area contributed by atoms with Gasteiger partial charge in [-0.3, -0.25) is 0 Å². The van der Waals surface area contributed by atoms with Crippen LogP contribution < -0.4 is 19.5 Å². The van der Waals surface area contributed by atoms with Crippen LogP contribution in [0.4, 0.5) is 4.39 Å². The number of aryl methyl sites for hydroxylation is 2. The quantitative estimate of drug-likeness (QED) is 0.542. The van der Waals surface area contributed by atoms with Crippen molar-refractivity contribution in [2.45, 2.75) is 51.6 Å². The minimum absolute atomic E-state index is 0.145. The van der Waals surface area contributed by atoms with E-state index in [0.29, 0.717) is 18.1 Å². The van der Waals surface area contributed by atoms with E-state index in [0.717, 1.165) is 50.1 Å². The Morgan fingerprint density at radius 1 is 1.10 bits per heavy atom. The average molecular weight is 402 g/mol. The van der Waals surface area contributed by atoms with Crippen molar-refractivity contribution < 1.29 is 18.6 Å². The van der Waals surface area contributed by atoms with Crippen LogP contribution in [0.5, 0.6) is 17.2 Å². The van der Waals surface area contributed by atoms with Crippen molar-refractivity contribution in [2.75, 3.05) is 26.8 Å². The number of fused-ring (bicyclic) bond motifs is 1. The molecule has 3 rings (SSSR count). The average Bonchev–Trinajstić information content (AvgIpc) is 2.73. The molecule has 158 valence electrons. The predicted octanol–water partition coefficient (Wildman–Crippen LogP) is 4.93. The second-order valence-corrected chi connectivity index (χ2v) is 7.62. The van der Waals surface area contributed by atoms with E-state index in [9.17, 15) is 4.39 Å². The summed E-state index contributed by atoms with van der Waals surface area (Å²) in [6, 6.07) is 11.3. The number of hydrogen-bond acceptors (Lipinski definition) is 4. The predicted molar refractivity (Wildman–Crippen MR) is 114 cm³/mol. The topological polar surface area (TPSA) is 39.7 Å².